The van der Waals surface area contributed by atoms with E-state index in [1.807, 2.05) is 31.2 Å². The quantitative estimate of drug-likeness (QED) is 0.184. The normalized spacial score (nSPS) is 10.8. The summed E-state index contributed by atoms with van der Waals surface area (Å²) in [6.07, 6.45) is 1.43. The molecule has 0 saturated heterocycles. The molecule has 0 radical (unpaired) electrons. The Bertz CT molecular complexity index is 1320. The number of aromatic nitrogens is 3. The fraction of sp³-hybridized carbons (Fsp3) is 0.333. The maximum atomic E-state index is 13.5. The summed E-state index contributed by atoms with van der Waals surface area (Å²) in [5.41, 5.74) is 11.0. The standard InChI is InChI=1S/C24H29Cl2N7O3/c1-2-36-18-8-5-16(6-9-18)14-32-22(30-12-4-3-11-29-21(27)28)31-23(34)33(24(32)35)15-17-7-10-19(25)20(26)13-17/h5-10,13H,2-4,11-12,14-15H2,1H3,(H4,27,28,29)(H,30,31,34). The molecule has 192 valence electrons. The Labute approximate surface area is 218 Å². The second-order valence-corrected chi connectivity index (χ2v) is 8.75. The first-order chi connectivity index (χ1) is 17.3. The number of hydrogen-bond acceptors (Lipinski definition) is 6. The van der Waals surface area contributed by atoms with E-state index in [1.165, 1.54) is 4.57 Å². The van der Waals surface area contributed by atoms with E-state index in [0.29, 0.717) is 41.7 Å². The van der Waals surface area contributed by atoms with Gasteiger partial charge >= 0.3 is 11.4 Å². The van der Waals surface area contributed by atoms with Crippen LogP contribution >= 0.6 is 23.2 Å². The Morgan fingerprint density at radius 1 is 1.00 bits per heavy atom. The molecule has 12 heteroatoms. The lowest BCUT2D eigenvalue weighted by atomic mass is 10.2. The van der Waals surface area contributed by atoms with E-state index in [0.717, 1.165) is 22.3 Å². The third-order valence-electron chi connectivity index (χ3n) is 5.21. The summed E-state index contributed by atoms with van der Waals surface area (Å²) in [5.74, 6) is 0.959. The molecule has 1 aromatic heterocycles. The van der Waals surface area contributed by atoms with Crippen molar-refractivity contribution in [1.82, 2.24) is 14.1 Å². The Morgan fingerprint density at radius 2 is 1.69 bits per heavy atom. The molecule has 0 bridgehead atoms. The second kappa shape index (κ2) is 13.0. The van der Waals surface area contributed by atoms with Gasteiger partial charge in [-0.3, -0.25) is 9.56 Å². The molecule has 0 unspecified atom stereocenters. The molecule has 0 aliphatic rings. The number of ether oxygens (including phenoxy) is 1. The van der Waals surface area contributed by atoms with Crippen LogP contribution < -0.4 is 32.9 Å². The predicted octanol–water partition coefficient (Wildman–Crippen LogP) is 2.67. The molecular formula is C24H29Cl2N7O3. The zero-order chi connectivity index (χ0) is 26.1. The molecule has 2 aromatic carbocycles. The highest BCUT2D eigenvalue weighted by atomic mass is 35.5. The number of nitrogens with one attached hydrogen (secondary N) is 1. The molecule has 0 fully saturated rings. The number of hydrogen-bond donors (Lipinski definition) is 3. The largest absolute Gasteiger partial charge is 0.494 e. The first-order valence-electron chi connectivity index (χ1n) is 11.4. The molecular weight excluding hydrogens is 505 g/mol. The van der Waals surface area contributed by atoms with Crippen LogP contribution in [0.15, 0.2) is 57.0 Å². The van der Waals surface area contributed by atoms with Crippen LogP contribution in [0.25, 0.3) is 0 Å². The van der Waals surface area contributed by atoms with Crippen molar-refractivity contribution in [2.45, 2.75) is 32.9 Å². The minimum atomic E-state index is -0.669. The maximum absolute atomic E-state index is 13.5. The third-order valence-corrected chi connectivity index (χ3v) is 5.95. The molecule has 0 aliphatic heterocycles. The second-order valence-electron chi connectivity index (χ2n) is 7.94. The lowest BCUT2D eigenvalue weighted by Crippen LogP contribution is -2.43. The van der Waals surface area contributed by atoms with Gasteiger partial charge in [0.15, 0.2) is 5.96 Å². The molecule has 1 heterocycles. The molecule has 36 heavy (non-hydrogen) atoms. The third kappa shape index (κ3) is 7.50. The zero-order valence-corrected chi connectivity index (χ0v) is 21.4. The van der Waals surface area contributed by atoms with Crippen LogP contribution in [0.1, 0.15) is 30.9 Å². The van der Waals surface area contributed by atoms with Crippen LogP contribution in [-0.2, 0) is 13.1 Å². The fourth-order valence-electron chi connectivity index (χ4n) is 3.45. The van der Waals surface area contributed by atoms with Crippen LogP contribution in [0, 0.1) is 0 Å². The molecule has 3 aromatic rings. The van der Waals surface area contributed by atoms with Crippen molar-refractivity contribution in [2.24, 2.45) is 16.5 Å². The monoisotopic (exact) mass is 533 g/mol. The highest BCUT2D eigenvalue weighted by Gasteiger charge is 2.15. The number of nitrogens with two attached hydrogens (primary N) is 2. The first-order valence-corrected chi connectivity index (χ1v) is 12.2. The molecule has 3 rings (SSSR count). The Morgan fingerprint density at radius 3 is 2.36 bits per heavy atom. The fourth-order valence-corrected chi connectivity index (χ4v) is 3.77. The van der Waals surface area contributed by atoms with Gasteiger partial charge in [-0.25, -0.2) is 14.2 Å². The van der Waals surface area contributed by atoms with E-state index < -0.39 is 11.4 Å². The lowest BCUT2D eigenvalue weighted by molar-refractivity contribution is 0.340. The summed E-state index contributed by atoms with van der Waals surface area (Å²) in [4.78, 5) is 34.4. The van der Waals surface area contributed by atoms with Crippen LogP contribution in [0.3, 0.4) is 0 Å². The zero-order valence-electron chi connectivity index (χ0n) is 19.9. The number of nitrogens with zero attached hydrogens (tertiary/aromatic N) is 4. The first kappa shape index (κ1) is 27.1. The number of benzene rings is 2. The average Bonchev–Trinajstić information content (AvgIpc) is 2.84. The van der Waals surface area contributed by atoms with E-state index in [2.05, 4.69) is 15.3 Å². The van der Waals surface area contributed by atoms with Gasteiger partial charge in [0.2, 0.25) is 5.95 Å². The van der Waals surface area contributed by atoms with Crippen LogP contribution in [0.4, 0.5) is 5.95 Å². The van der Waals surface area contributed by atoms with Gasteiger partial charge in [-0.2, -0.15) is 4.98 Å². The number of unbranched alkanes of at least 4 members (excludes halogenated alkanes) is 1. The highest BCUT2D eigenvalue weighted by Crippen LogP contribution is 2.22. The summed E-state index contributed by atoms with van der Waals surface area (Å²) in [5, 5.41) is 3.83. The SMILES string of the molecule is CCOc1ccc(Cn2c(NCCCCN=C(N)N)nc(=O)n(Cc3ccc(Cl)c(Cl)c3)c2=O)cc1. The molecule has 0 aliphatic carbocycles. The van der Waals surface area contributed by atoms with E-state index in [-0.39, 0.29) is 25.0 Å². The van der Waals surface area contributed by atoms with Crippen molar-refractivity contribution in [2.75, 3.05) is 25.0 Å². The van der Waals surface area contributed by atoms with Crippen LogP contribution in [0.2, 0.25) is 10.0 Å². The molecule has 10 nitrogen and oxygen atoms in total. The maximum Gasteiger partial charge on any atom is 0.355 e. The smallest absolute Gasteiger partial charge is 0.355 e. The van der Waals surface area contributed by atoms with Gasteiger partial charge in [0.25, 0.3) is 0 Å². The van der Waals surface area contributed by atoms with Crippen molar-refractivity contribution in [3.05, 3.63) is 84.6 Å². The van der Waals surface area contributed by atoms with E-state index >= 15 is 0 Å². The van der Waals surface area contributed by atoms with Gasteiger partial charge in [-0.15, -0.1) is 0 Å². The van der Waals surface area contributed by atoms with Gasteiger partial charge in [0.05, 0.1) is 29.7 Å². The van der Waals surface area contributed by atoms with E-state index in [4.69, 9.17) is 39.4 Å². The lowest BCUT2D eigenvalue weighted by Gasteiger charge is -2.16. The van der Waals surface area contributed by atoms with E-state index in [9.17, 15) is 9.59 Å². The molecule has 0 spiro atoms. The van der Waals surface area contributed by atoms with Crippen molar-refractivity contribution in [1.29, 1.82) is 0 Å². The molecule has 0 saturated carbocycles. The summed E-state index contributed by atoms with van der Waals surface area (Å²) < 4.78 is 8.00. The summed E-state index contributed by atoms with van der Waals surface area (Å²) in [6, 6.07) is 12.3. The summed E-state index contributed by atoms with van der Waals surface area (Å²) >= 11 is 12.1. The predicted molar refractivity (Wildman–Crippen MR) is 143 cm³/mol. The van der Waals surface area contributed by atoms with Gasteiger partial charge in [0.1, 0.15) is 5.75 Å². The van der Waals surface area contributed by atoms with Gasteiger partial charge in [-0.1, -0.05) is 41.4 Å². The average molecular weight is 534 g/mol. The molecule has 5 N–H and O–H groups in total. The van der Waals surface area contributed by atoms with Crippen molar-refractivity contribution in [3.8, 4) is 5.75 Å². The van der Waals surface area contributed by atoms with Crippen molar-refractivity contribution < 1.29 is 4.74 Å². The Kier molecular flexibility index (Phi) is 9.77. The molecule has 0 atom stereocenters. The van der Waals surface area contributed by atoms with Crippen LogP contribution in [-0.4, -0.2) is 39.8 Å². The molecule has 0 amide bonds. The Hall–Kier alpha value is -3.50. The van der Waals surface area contributed by atoms with Crippen LogP contribution in [0.5, 0.6) is 5.75 Å². The van der Waals surface area contributed by atoms with E-state index in [1.54, 1.807) is 18.2 Å². The Balaban J connectivity index is 1.89. The van der Waals surface area contributed by atoms with Crippen molar-refractivity contribution in [3.63, 3.8) is 0 Å². The minimum absolute atomic E-state index is 0.00360. The number of anilines is 1. The number of aliphatic imine (C=N–C) groups is 1. The number of rotatable bonds is 12. The highest BCUT2D eigenvalue weighted by molar-refractivity contribution is 6.42. The minimum Gasteiger partial charge on any atom is -0.494 e. The van der Waals surface area contributed by atoms with Gasteiger partial charge in [0, 0.05) is 13.1 Å². The number of halogens is 2. The summed E-state index contributed by atoms with van der Waals surface area (Å²) in [7, 11) is 0. The topological polar surface area (TPSA) is 143 Å². The van der Waals surface area contributed by atoms with Gasteiger partial charge in [-0.05, 0) is 55.2 Å². The number of guanidine groups is 1. The van der Waals surface area contributed by atoms with Crippen molar-refractivity contribution >= 4 is 35.1 Å². The summed E-state index contributed by atoms with van der Waals surface area (Å²) in [6.45, 7) is 3.64. The van der Waals surface area contributed by atoms with Gasteiger partial charge < -0.3 is 21.5 Å².